The average molecular weight is 241 g/mol. The zero-order valence-electron chi connectivity index (χ0n) is 11.5. The molecule has 1 aliphatic rings. The third kappa shape index (κ3) is 5.04. The molecular formula is C13H27N3O. The fourth-order valence-corrected chi connectivity index (χ4v) is 2.25. The van der Waals surface area contributed by atoms with Crippen molar-refractivity contribution in [3.8, 4) is 0 Å². The summed E-state index contributed by atoms with van der Waals surface area (Å²) >= 11 is 0. The van der Waals surface area contributed by atoms with E-state index in [1.165, 1.54) is 25.9 Å². The van der Waals surface area contributed by atoms with E-state index in [1.54, 1.807) is 0 Å². The van der Waals surface area contributed by atoms with Gasteiger partial charge in [0, 0.05) is 6.54 Å². The summed E-state index contributed by atoms with van der Waals surface area (Å²) in [5.74, 6) is 0.0979. The number of nitrogens with zero attached hydrogens (tertiary/aromatic N) is 1. The number of hydrogen-bond donors (Lipinski definition) is 2. The Labute approximate surface area is 105 Å². The second kappa shape index (κ2) is 6.97. The first-order chi connectivity index (χ1) is 8.06. The molecule has 2 N–H and O–H groups in total. The lowest BCUT2D eigenvalue weighted by molar-refractivity contribution is -0.126. The largest absolute Gasteiger partial charge is 0.354 e. The summed E-state index contributed by atoms with van der Waals surface area (Å²) < 4.78 is 0. The van der Waals surface area contributed by atoms with Crippen molar-refractivity contribution < 1.29 is 4.79 Å². The molecule has 0 atom stereocenters. The molecule has 1 heterocycles. The van der Waals surface area contributed by atoms with E-state index in [1.807, 2.05) is 20.8 Å². The SMILES string of the molecule is CCNC(C)(C)C(=O)NCCCN1CCCC1. The van der Waals surface area contributed by atoms with Gasteiger partial charge in [0.05, 0.1) is 5.54 Å². The molecule has 1 aliphatic heterocycles. The lowest BCUT2D eigenvalue weighted by Gasteiger charge is -2.24. The first-order valence-corrected chi connectivity index (χ1v) is 6.82. The summed E-state index contributed by atoms with van der Waals surface area (Å²) in [5, 5.41) is 6.18. The van der Waals surface area contributed by atoms with Gasteiger partial charge < -0.3 is 15.5 Å². The lowest BCUT2D eigenvalue weighted by atomic mass is 10.0. The molecule has 0 radical (unpaired) electrons. The van der Waals surface area contributed by atoms with E-state index in [9.17, 15) is 4.79 Å². The van der Waals surface area contributed by atoms with E-state index >= 15 is 0 Å². The fourth-order valence-electron chi connectivity index (χ4n) is 2.25. The Hall–Kier alpha value is -0.610. The molecule has 0 aliphatic carbocycles. The number of hydrogen-bond acceptors (Lipinski definition) is 3. The molecule has 1 fully saturated rings. The fraction of sp³-hybridized carbons (Fsp3) is 0.923. The van der Waals surface area contributed by atoms with Crippen LogP contribution >= 0.6 is 0 Å². The molecule has 100 valence electrons. The number of carbonyl (C=O) groups is 1. The quantitative estimate of drug-likeness (QED) is 0.653. The smallest absolute Gasteiger partial charge is 0.239 e. The maximum atomic E-state index is 11.9. The van der Waals surface area contributed by atoms with Crippen LogP contribution in [0.1, 0.15) is 40.0 Å². The molecule has 0 bridgehead atoms. The number of rotatable bonds is 7. The number of likely N-dealkylation sites (tertiary alicyclic amines) is 1. The molecule has 0 saturated carbocycles. The van der Waals surface area contributed by atoms with E-state index in [0.717, 1.165) is 26.1 Å². The minimum absolute atomic E-state index is 0.0979. The van der Waals surface area contributed by atoms with E-state index in [4.69, 9.17) is 0 Å². The zero-order valence-corrected chi connectivity index (χ0v) is 11.5. The second-order valence-corrected chi connectivity index (χ2v) is 5.31. The molecule has 0 aromatic carbocycles. The molecule has 1 amide bonds. The molecule has 1 saturated heterocycles. The van der Waals surface area contributed by atoms with Crippen LogP contribution in [0.3, 0.4) is 0 Å². The summed E-state index contributed by atoms with van der Waals surface area (Å²) in [6, 6.07) is 0. The summed E-state index contributed by atoms with van der Waals surface area (Å²) in [7, 11) is 0. The van der Waals surface area contributed by atoms with Gasteiger partial charge in [0.25, 0.3) is 0 Å². The minimum atomic E-state index is -0.456. The zero-order chi connectivity index (χ0) is 12.7. The van der Waals surface area contributed by atoms with Crippen molar-refractivity contribution in [3.05, 3.63) is 0 Å². The van der Waals surface area contributed by atoms with Gasteiger partial charge in [0.2, 0.25) is 5.91 Å². The van der Waals surface area contributed by atoms with Gasteiger partial charge in [-0.1, -0.05) is 6.92 Å². The molecule has 17 heavy (non-hydrogen) atoms. The van der Waals surface area contributed by atoms with Crippen molar-refractivity contribution in [1.29, 1.82) is 0 Å². The maximum absolute atomic E-state index is 11.9. The molecule has 0 aromatic heterocycles. The van der Waals surface area contributed by atoms with Crippen LogP contribution in [0.25, 0.3) is 0 Å². The van der Waals surface area contributed by atoms with Crippen LogP contribution in [-0.2, 0) is 4.79 Å². The monoisotopic (exact) mass is 241 g/mol. The van der Waals surface area contributed by atoms with E-state index in [2.05, 4.69) is 15.5 Å². The Morgan fingerprint density at radius 2 is 1.94 bits per heavy atom. The highest BCUT2D eigenvalue weighted by atomic mass is 16.2. The molecule has 4 nitrogen and oxygen atoms in total. The van der Waals surface area contributed by atoms with Crippen molar-refractivity contribution in [3.63, 3.8) is 0 Å². The van der Waals surface area contributed by atoms with Crippen LogP contribution in [0.5, 0.6) is 0 Å². The van der Waals surface area contributed by atoms with Crippen molar-refractivity contribution in [2.24, 2.45) is 0 Å². The number of nitrogens with one attached hydrogen (secondary N) is 2. The Morgan fingerprint density at radius 1 is 1.29 bits per heavy atom. The number of likely N-dealkylation sites (N-methyl/N-ethyl adjacent to an activating group) is 1. The predicted octanol–water partition coefficient (Wildman–Crippen LogP) is 0.977. The van der Waals surface area contributed by atoms with Gasteiger partial charge in [0.1, 0.15) is 0 Å². The summed E-state index contributed by atoms with van der Waals surface area (Å²) in [6.07, 6.45) is 3.72. The minimum Gasteiger partial charge on any atom is -0.354 e. The van der Waals surface area contributed by atoms with Gasteiger partial charge in [0.15, 0.2) is 0 Å². The van der Waals surface area contributed by atoms with Gasteiger partial charge in [-0.25, -0.2) is 0 Å². The summed E-state index contributed by atoms with van der Waals surface area (Å²) in [4.78, 5) is 14.3. The lowest BCUT2D eigenvalue weighted by Crippen LogP contribution is -2.52. The molecule has 1 rings (SSSR count). The third-order valence-electron chi connectivity index (χ3n) is 3.32. The van der Waals surface area contributed by atoms with Crippen LogP contribution in [0.4, 0.5) is 0 Å². The van der Waals surface area contributed by atoms with E-state index < -0.39 is 5.54 Å². The van der Waals surface area contributed by atoms with Crippen LogP contribution in [0.2, 0.25) is 0 Å². The second-order valence-electron chi connectivity index (χ2n) is 5.31. The Bertz CT molecular complexity index is 235. The standard InChI is InChI=1S/C13H27N3O/c1-4-15-13(2,3)12(17)14-8-7-11-16-9-5-6-10-16/h15H,4-11H2,1-3H3,(H,14,17). The highest BCUT2D eigenvalue weighted by Gasteiger charge is 2.25. The first-order valence-electron chi connectivity index (χ1n) is 6.82. The number of amides is 1. The Balaban J connectivity index is 2.10. The molecule has 0 unspecified atom stereocenters. The van der Waals surface area contributed by atoms with Gasteiger partial charge in [-0.15, -0.1) is 0 Å². The van der Waals surface area contributed by atoms with Crippen LogP contribution in [0, 0.1) is 0 Å². The highest BCUT2D eigenvalue weighted by Crippen LogP contribution is 2.07. The van der Waals surface area contributed by atoms with Gasteiger partial charge in [-0.05, 0) is 59.3 Å². The van der Waals surface area contributed by atoms with Gasteiger partial charge in [-0.3, -0.25) is 4.79 Å². The van der Waals surface area contributed by atoms with E-state index in [-0.39, 0.29) is 5.91 Å². The number of carbonyl (C=O) groups excluding carboxylic acids is 1. The van der Waals surface area contributed by atoms with Crippen LogP contribution < -0.4 is 10.6 Å². The Kier molecular flexibility index (Phi) is 5.92. The normalized spacial score (nSPS) is 17.4. The molecular weight excluding hydrogens is 214 g/mol. The maximum Gasteiger partial charge on any atom is 0.239 e. The van der Waals surface area contributed by atoms with Crippen molar-refractivity contribution >= 4 is 5.91 Å². The Morgan fingerprint density at radius 3 is 2.53 bits per heavy atom. The average Bonchev–Trinajstić information content (AvgIpc) is 2.76. The van der Waals surface area contributed by atoms with Crippen molar-refractivity contribution in [2.45, 2.75) is 45.6 Å². The molecule has 0 aromatic rings. The van der Waals surface area contributed by atoms with Crippen molar-refractivity contribution in [2.75, 3.05) is 32.7 Å². The molecule has 4 heteroatoms. The first kappa shape index (κ1) is 14.5. The predicted molar refractivity (Wildman–Crippen MR) is 71.1 cm³/mol. The van der Waals surface area contributed by atoms with Gasteiger partial charge >= 0.3 is 0 Å². The van der Waals surface area contributed by atoms with Crippen LogP contribution in [0.15, 0.2) is 0 Å². The van der Waals surface area contributed by atoms with E-state index in [0.29, 0.717) is 0 Å². The molecule has 0 spiro atoms. The van der Waals surface area contributed by atoms with Crippen LogP contribution in [-0.4, -0.2) is 49.1 Å². The highest BCUT2D eigenvalue weighted by molar-refractivity contribution is 5.85. The summed E-state index contributed by atoms with van der Waals surface area (Å²) in [6.45, 7) is 11.0. The third-order valence-corrected chi connectivity index (χ3v) is 3.32. The van der Waals surface area contributed by atoms with Gasteiger partial charge in [-0.2, -0.15) is 0 Å². The summed E-state index contributed by atoms with van der Waals surface area (Å²) in [5.41, 5.74) is -0.456. The topological polar surface area (TPSA) is 44.4 Å². The van der Waals surface area contributed by atoms with Crippen molar-refractivity contribution in [1.82, 2.24) is 15.5 Å².